The first-order valence-electron chi connectivity index (χ1n) is 5.61. The van der Waals surface area contributed by atoms with Gasteiger partial charge < -0.3 is 10.6 Å². The Morgan fingerprint density at radius 1 is 1.50 bits per heavy atom. The Morgan fingerprint density at radius 3 is 2.81 bits per heavy atom. The summed E-state index contributed by atoms with van der Waals surface area (Å²) in [4.78, 5) is 18.4. The molecular formula is C12H17N3O. The van der Waals surface area contributed by atoms with Crippen molar-refractivity contribution in [3.63, 3.8) is 0 Å². The number of ketones is 1. The summed E-state index contributed by atoms with van der Waals surface area (Å²) in [6.45, 7) is 1.97. The second-order valence-corrected chi connectivity index (χ2v) is 4.38. The van der Waals surface area contributed by atoms with Crippen LogP contribution in [0.2, 0.25) is 0 Å². The van der Waals surface area contributed by atoms with Crippen LogP contribution in [0.3, 0.4) is 0 Å². The molecule has 86 valence electrons. The zero-order valence-electron chi connectivity index (χ0n) is 9.52. The first kappa shape index (κ1) is 11.1. The fourth-order valence-electron chi connectivity index (χ4n) is 2.12. The summed E-state index contributed by atoms with van der Waals surface area (Å²) < 4.78 is 0. The minimum atomic E-state index is 0.114. The van der Waals surface area contributed by atoms with Gasteiger partial charge in [0.05, 0.1) is 5.56 Å². The summed E-state index contributed by atoms with van der Waals surface area (Å²) in [7, 11) is 2.08. The molecule has 2 heterocycles. The summed E-state index contributed by atoms with van der Waals surface area (Å²) in [5, 5.41) is 0. The third-order valence-corrected chi connectivity index (χ3v) is 3.19. The van der Waals surface area contributed by atoms with Gasteiger partial charge in [-0.2, -0.15) is 0 Å². The molecule has 1 fully saturated rings. The molecule has 0 unspecified atom stereocenters. The molecule has 0 spiro atoms. The van der Waals surface area contributed by atoms with E-state index in [1.165, 1.54) is 0 Å². The van der Waals surface area contributed by atoms with Gasteiger partial charge in [0.25, 0.3) is 0 Å². The molecule has 0 aliphatic carbocycles. The van der Waals surface area contributed by atoms with Gasteiger partial charge in [-0.25, -0.2) is 4.98 Å². The van der Waals surface area contributed by atoms with Gasteiger partial charge in [0.1, 0.15) is 5.82 Å². The molecule has 1 aromatic rings. The lowest BCUT2D eigenvalue weighted by molar-refractivity contribution is 0.0857. The van der Waals surface area contributed by atoms with E-state index in [1.807, 2.05) is 0 Å². The zero-order chi connectivity index (χ0) is 11.5. The molecule has 1 saturated heterocycles. The molecule has 0 atom stereocenters. The number of nitrogens with two attached hydrogens (primary N) is 1. The van der Waals surface area contributed by atoms with Crippen LogP contribution in [0.4, 0.5) is 5.82 Å². The first-order valence-corrected chi connectivity index (χ1v) is 5.61. The number of nitrogen functional groups attached to an aromatic ring is 1. The van der Waals surface area contributed by atoms with Crippen molar-refractivity contribution < 1.29 is 4.79 Å². The summed E-state index contributed by atoms with van der Waals surface area (Å²) in [5.74, 6) is 0.618. The molecule has 4 heteroatoms. The highest BCUT2D eigenvalue weighted by molar-refractivity contribution is 6.01. The van der Waals surface area contributed by atoms with Crippen molar-refractivity contribution >= 4 is 11.6 Å². The van der Waals surface area contributed by atoms with E-state index in [4.69, 9.17) is 5.73 Å². The molecule has 0 aromatic carbocycles. The molecule has 4 nitrogen and oxygen atoms in total. The van der Waals surface area contributed by atoms with E-state index in [2.05, 4.69) is 16.9 Å². The smallest absolute Gasteiger partial charge is 0.169 e. The van der Waals surface area contributed by atoms with Crippen molar-refractivity contribution in [3.8, 4) is 0 Å². The zero-order valence-corrected chi connectivity index (χ0v) is 9.52. The molecule has 0 bridgehead atoms. The van der Waals surface area contributed by atoms with E-state index in [9.17, 15) is 4.79 Å². The summed E-state index contributed by atoms with van der Waals surface area (Å²) in [6, 6.07) is 3.53. The number of pyridine rings is 1. The number of Topliss-reactive ketones (excluding diaryl/α,β-unsaturated/α-hetero) is 1. The fourth-order valence-corrected chi connectivity index (χ4v) is 2.12. The predicted molar refractivity (Wildman–Crippen MR) is 63.2 cm³/mol. The van der Waals surface area contributed by atoms with Crippen LogP contribution in [0.25, 0.3) is 0 Å². The lowest BCUT2D eigenvalue weighted by Gasteiger charge is -2.28. The van der Waals surface area contributed by atoms with Crippen molar-refractivity contribution in [3.05, 3.63) is 23.9 Å². The molecule has 16 heavy (non-hydrogen) atoms. The highest BCUT2D eigenvalue weighted by Gasteiger charge is 2.25. The van der Waals surface area contributed by atoms with E-state index >= 15 is 0 Å². The Kier molecular flexibility index (Phi) is 3.19. The standard InChI is InChI=1S/C12H17N3O/c1-15-7-4-9(5-8-15)11(16)10-3-2-6-14-12(10)13/h2-3,6,9H,4-5,7-8H2,1H3,(H2,13,14). The van der Waals surface area contributed by atoms with Crippen molar-refractivity contribution in [2.24, 2.45) is 5.92 Å². The minimum absolute atomic E-state index is 0.114. The molecule has 2 rings (SSSR count). The van der Waals surface area contributed by atoms with Crippen LogP contribution >= 0.6 is 0 Å². The van der Waals surface area contributed by atoms with E-state index < -0.39 is 0 Å². The first-order chi connectivity index (χ1) is 7.68. The molecule has 1 aliphatic heterocycles. The number of carbonyl (C=O) groups excluding carboxylic acids is 1. The third-order valence-electron chi connectivity index (χ3n) is 3.19. The molecule has 0 radical (unpaired) electrons. The van der Waals surface area contributed by atoms with Gasteiger partial charge in [-0.05, 0) is 45.1 Å². The summed E-state index contributed by atoms with van der Waals surface area (Å²) >= 11 is 0. The summed E-state index contributed by atoms with van der Waals surface area (Å²) in [5.41, 5.74) is 6.29. The molecule has 1 aliphatic rings. The SMILES string of the molecule is CN1CCC(C(=O)c2cccnc2N)CC1. The summed E-state index contributed by atoms with van der Waals surface area (Å²) in [6.07, 6.45) is 3.45. The number of piperidine rings is 1. The van der Waals surface area contributed by atoms with E-state index in [0.29, 0.717) is 11.4 Å². The fraction of sp³-hybridized carbons (Fsp3) is 0.500. The number of anilines is 1. The highest BCUT2D eigenvalue weighted by atomic mass is 16.1. The number of carbonyl (C=O) groups is 1. The van der Waals surface area contributed by atoms with Crippen molar-refractivity contribution in [1.29, 1.82) is 0 Å². The van der Waals surface area contributed by atoms with Crippen molar-refractivity contribution in [1.82, 2.24) is 9.88 Å². The van der Waals surface area contributed by atoms with E-state index in [0.717, 1.165) is 25.9 Å². The number of hydrogen-bond acceptors (Lipinski definition) is 4. The van der Waals surface area contributed by atoms with Gasteiger partial charge in [0, 0.05) is 12.1 Å². The normalized spacial score (nSPS) is 18.6. The van der Waals surface area contributed by atoms with Crippen LogP contribution in [0.15, 0.2) is 18.3 Å². The Hall–Kier alpha value is -1.42. The van der Waals surface area contributed by atoms with Crippen LogP contribution in [-0.4, -0.2) is 35.8 Å². The molecule has 0 saturated carbocycles. The number of likely N-dealkylation sites (tertiary alicyclic amines) is 1. The topological polar surface area (TPSA) is 59.2 Å². The monoisotopic (exact) mass is 219 g/mol. The average molecular weight is 219 g/mol. The maximum atomic E-state index is 12.2. The Labute approximate surface area is 95.5 Å². The van der Waals surface area contributed by atoms with Crippen LogP contribution in [0.5, 0.6) is 0 Å². The van der Waals surface area contributed by atoms with Crippen LogP contribution in [0.1, 0.15) is 23.2 Å². The molecule has 0 amide bonds. The highest BCUT2D eigenvalue weighted by Crippen LogP contribution is 2.22. The lowest BCUT2D eigenvalue weighted by Crippen LogP contribution is -2.33. The molecule has 1 aromatic heterocycles. The van der Waals surface area contributed by atoms with Gasteiger partial charge in [-0.1, -0.05) is 0 Å². The number of aromatic nitrogens is 1. The average Bonchev–Trinajstić information content (AvgIpc) is 2.30. The Balaban J connectivity index is 2.11. The van der Waals surface area contributed by atoms with Gasteiger partial charge in [-0.15, -0.1) is 0 Å². The Morgan fingerprint density at radius 2 is 2.19 bits per heavy atom. The van der Waals surface area contributed by atoms with Gasteiger partial charge in [0.15, 0.2) is 5.78 Å². The van der Waals surface area contributed by atoms with Gasteiger partial charge >= 0.3 is 0 Å². The number of nitrogens with zero attached hydrogens (tertiary/aromatic N) is 2. The second kappa shape index (κ2) is 4.61. The minimum Gasteiger partial charge on any atom is -0.383 e. The van der Waals surface area contributed by atoms with Crippen molar-refractivity contribution in [2.75, 3.05) is 25.9 Å². The van der Waals surface area contributed by atoms with Gasteiger partial charge in [-0.3, -0.25) is 4.79 Å². The van der Waals surface area contributed by atoms with Crippen LogP contribution < -0.4 is 5.73 Å². The van der Waals surface area contributed by atoms with Gasteiger partial charge in [0.2, 0.25) is 0 Å². The number of hydrogen-bond donors (Lipinski definition) is 1. The predicted octanol–water partition coefficient (Wildman–Crippen LogP) is 1.19. The lowest BCUT2D eigenvalue weighted by atomic mass is 9.89. The molecular weight excluding hydrogens is 202 g/mol. The van der Waals surface area contributed by atoms with E-state index in [-0.39, 0.29) is 11.7 Å². The van der Waals surface area contributed by atoms with Crippen LogP contribution in [-0.2, 0) is 0 Å². The second-order valence-electron chi connectivity index (χ2n) is 4.38. The number of rotatable bonds is 2. The quantitative estimate of drug-likeness (QED) is 0.759. The maximum Gasteiger partial charge on any atom is 0.169 e. The van der Waals surface area contributed by atoms with E-state index in [1.54, 1.807) is 18.3 Å². The van der Waals surface area contributed by atoms with Crippen LogP contribution in [0, 0.1) is 5.92 Å². The molecule has 2 N–H and O–H groups in total. The Bertz CT molecular complexity index is 384. The van der Waals surface area contributed by atoms with Crippen molar-refractivity contribution in [2.45, 2.75) is 12.8 Å². The largest absolute Gasteiger partial charge is 0.383 e. The third kappa shape index (κ3) is 2.22. The maximum absolute atomic E-state index is 12.2.